The number of fused-ring (bicyclic) bond motifs is 3. The Labute approximate surface area is 287 Å². The van der Waals surface area contributed by atoms with Crippen LogP contribution in [0.15, 0.2) is 60.7 Å². The van der Waals surface area contributed by atoms with Crippen LogP contribution >= 0.6 is 24.4 Å². The van der Waals surface area contributed by atoms with Crippen molar-refractivity contribution in [2.45, 2.75) is 40.2 Å². The molecule has 0 unspecified atom stereocenters. The number of benzene rings is 3. The van der Waals surface area contributed by atoms with Crippen molar-refractivity contribution in [1.29, 1.82) is 0 Å². The van der Waals surface area contributed by atoms with Gasteiger partial charge in [0.25, 0.3) is 0 Å². The lowest BCUT2D eigenvalue weighted by Crippen LogP contribution is -2.44. The molecule has 0 atom stereocenters. The standard InChI is InChI=1S/C34H44N8O3S2/c1-4-35-32(46)41-26-10-12-28-23(17-26)16-24-18-27(11-13-29(24)28)42-33(47)39-21-34(2,3)20-38-31(45)40-25-8-6-22(7-9-25)19-37-30(44)36-14-5-15-43/h6-13,17-18,43H,4-5,14-16,19-21H2,1-3H3,(H2,35,41,46)(H2,36,37,44)(H2,38,40,45)(H2,39,42,47). The zero-order valence-corrected chi connectivity index (χ0v) is 28.6. The fourth-order valence-electron chi connectivity index (χ4n) is 4.99. The van der Waals surface area contributed by atoms with Crippen LogP contribution in [0, 0.1) is 5.41 Å². The lowest BCUT2D eigenvalue weighted by Gasteiger charge is -2.26. The van der Waals surface area contributed by atoms with E-state index < -0.39 is 0 Å². The Balaban J connectivity index is 1.18. The minimum absolute atomic E-state index is 0.0315. The molecule has 0 aromatic heterocycles. The van der Waals surface area contributed by atoms with Crippen molar-refractivity contribution in [3.63, 3.8) is 0 Å². The maximum Gasteiger partial charge on any atom is 0.319 e. The van der Waals surface area contributed by atoms with Gasteiger partial charge in [0.15, 0.2) is 10.2 Å². The molecule has 0 heterocycles. The number of amides is 4. The van der Waals surface area contributed by atoms with Gasteiger partial charge in [-0.15, -0.1) is 0 Å². The zero-order valence-electron chi connectivity index (χ0n) is 27.0. The van der Waals surface area contributed by atoms with Crippen LogP contribution in [0.3, 0.4) is 0 Å². The molecule has 0 fully saturated rings. The van der Waals surface area contributed by atoms with Gasteiger partial charge in [0, 0.05) is 56.4 Å². The van der Waals surface area contributed by atoms with Crippen molar-refractivity contribution in [1.82, 2.24) is 26.6 Å². The summed E-state index contributed by atoms with van der Waals surface area (Å²) in [6.07, 6.45) is 1.34. The molecule has 250 valence electrons. The summed E-state index contributed by atoms with van der Waals surface area (Å²) in [6.45, 7) is 8.65. The van der Waals surface area contributed by atoms with Gasteiger partial charge in [-0.2, -0.15) is 0 Å². The van der Waals surface area contributed by atoms with E-state index >= 15 is 0 Å². The Hall–Kier alpha value is -4.46. The smallest absolute Gasteiger partial charge is 0.319 e. The molecular formula is C34H44N8O3S2. The molecule has 13 heteroatoms. The molecule has 11 nitrogen and oxygen atoms in total. The lowest BCUT2D eigenvalue weighted by atomic mass is 9.93. The van der Waals surface area contributed by atoms with Crippen LogP contribution in [0.25, 0.3) is 11.1 Å². The molecule has 0 radical (unpaired) electrons. The van der Waals surface area contributed by atoms with Crippen molar-refractivity contribution < 1.29 is 14.7 Å². The maximum absolute atomic E-state index is 12.6. The van der Waals surface area contributed by atoms with Gasteiger partial charge >= 0.3 is 12.1 Å². The molecule has 0 saturated heterocycles. The molecule has 3 aromatic carbocycles. The van der Waals surface area contributed by atoms with Crippen molar-refractivity contribution >= 4 is 63.8 Å². The monoisotopic (exact) mass is 676 g/mol. The molecule has 0 bridgehead atoms. The number of hydrogen-bond acceptors (Lipinski definition) is 5. The molecule has 47 heavy (non-hydrogen) atoms. The number of aliphatic hydroxyl groups excluding tert-OH is 1. The number of urea groups is 2. The Kier molecular flexibility index (Phi) is 12.7. The van der Waals surface area contributed by atoms with Crippen molar-refractivity contribution in [2.75, 3.05) is 48.7 Å². The van der Waals surface area contributed by atoms with Gasteiger partial charge in [-0.3, -0.25) is 0 Å². The third-order valence-electron chi connectivity index (χ3n) is 7.47. The predicted molar refractivity (Wildman–Crippen MR) is 198 cm³/mol. The molecule has 4 rings (SSSR count). The second-order valence-corrected chi connectivity index (χ2v) is 12.9. The van der Waals surface area contributed by atoms with Crippen LogP contribution in [0.5, 0.6) is 0 Å². The first-order valence-corrected chi connectivity index (χ1v) is 16.5. The summed E-state index contributed by atoms with van der Waals surface area (Å²) < 4.78 is 0. The third-order valence-corrected chi connectivity index (χ3v) is 7.97. The number of aliphatic hydroxyl groups is 1. The maximum atomic E-state index is 12.6. The molecule has 1 aliphatic rings. The minimum atomic E-state index is -0.310. The molecule has 0 saturated carbocycles. The van der Waals surface area contributed by atoms with Crippen LogP contribution in [0.2, 0.25) is 0 Å². The van der Waals surface area contributed by atoms with E-state index in [-0.39, 0.29) is 24.1 Å². The van der Waals surface area contributed by atoms with Crippen LogP contribution in [-0.2, 0) is 13.0 Å². The molecule has 0 spiro atoms. The van der Waals surface area contributed by atoms with Gasteiger partial charge in [0.2, 0.25) is 0 Å². The van der Waals surface area contributed by atoms with E-state index in [1.165, 1.54) is 22.3 Å². The van der Waals surface area contributed by atoms with Crippen LogP contribution in [-0.4, -0.2) is 60.2 Å². The van der Waals surface area contributed by atoms with Crippen LogP contribution < -0.4 is 42.5 Å². The number of anilines is 3. The van der Waals surface area contributed by atoms with E-state index in [1.807, 2.05) is 45.0 Å². The highest BCUT2D eigenvalue weighted by Crippen LogP contribution is 2.39. The van der Waals surface area contributed by atoms with E-state index in [2.05, 4.69) is 66.8 Å². The van der Waals surface area contributed by atoms with E-state index in [1.54, 1.807) is 12.1 Å². The topological polar surface area (TPSA) is 151 Å². The average molecular weight is 677 g/mol. The van der Waals surface area contributed by atoms with E-state index in [0.29, 0.717) is 48.5 Å². The Morgan fingerprint density at radius 3 is 1.89 bits per heavy atom. The molecule has 9 N–H and O–H groups in total. The minimum Gasteiger partial charge on any atom is -0.396 e. The third kappa shape index (κ3) is 11.1. The lowest BCUT2D eigenvalue weighted by molar-refractivity contribution is 0.237. The molecule has 0 aliphatic heterocycles. The summed E-state index contributed by atoms with van der Waals surface area (Å²) in [5.41, 5.74) is 8.08. The second-order valence-electron chi connectivity index (χ2n) is 12.1. The van der Waals surface area contributed by atoms with Crippen molar-refractivity contribution in [3.8, 4) is 11.1 Å². The van der Waals surface area contributed by atoms with E-state index in [9.17, 15) is 9.59 Å². The fourth-order valence-corrected chi connectivity index (χ4v) is 5.44. The predicted octanol–water partition coefficient (Wildman–Crippen LogP) is 4.88. The Bertz CT molecular complexity index is 1580. The highest BCUT2D eigenvalue weighted by Gasteiger charge is 2.21. The Morgan fingerprint density at radius 1 is 0.723 bits per heavy atom. The SMILES string of the molecule is CCNC(=S)Nc1ccc2c(c1)Cc1cc(NC(=S)NCC(C)(C)CNC(=O)Nc3ccc(CNC(=O)NCCCO)cc3)ccc1-2. The number of carbonyl (C=O) groups is 2. The van der Waals surface area contributed by atoms with Crippen molar-refractivity contribution in [3.05, 3.63) is 77.4 Å². The largest absolute Gasteiger partial charge is 0.396 e. The van der Waals surface area contributed by atoms with Gasteiger partial charge < -0.3 is 47.6 Å². The highest BCUT2D eigenvalue weighted by molar-refractivity contribution is 7.80. The summed E-state index contributed by atoms with van der Waals surface area (Å²) in [7, 11) is 0. The summed E-state index contributed by atoms with van der Waals surface area (Å²) in [5, 5.41) is 34.0. The Morgan fingerprint density at radius 2 is 1.30 bits per heavy atom. The number of nitrogens with one attached hydrogen (secondary N) is 8. The first-order chi connectivity index (χ1) is 22.5. The number of thiocarbonyl (C=S) groups is 2. The van der Waals surface area contributed by atoms with Gasteiger partial charge in [-0.25, -0.2) is 9.59 Å². The summed E-state index contributed by atoms with van der Waals surface area (Å²) in [6, 6.07) is 19.3. The summed E-state index contributed by atoms with van der Waals surface area (Å²) >= 11 is 10.9. The van der Waals surface area contributed by atoms with Crippen LogP contribution in [0.4, 0.5) is 26.7 Å². The van der Waals surface area contributed by atoms with E-state index in [4.69, 9.17) is 29.5 Å². The van der Waals surface area contributed by atoms with Gasteiger partial charge in [-0.1, -0.05) is 38.1 Å². The van der Waals surface area contributed by atoms with Gasteiger partial charge in [-0.05, 0) is 114 Å². The zero-order chi connectivity index (χ0) is 33.8. The normalized spacial score (nSPS) is 11.4. The summed E-state index contributed by atoms with van der Waals surface area (Å²) in [5.74, 6) is 0. The molecule has 1 aliphatic carbocycles. The highest BCUT2D eigenvalue weighted by atomic mass is 32.1. The van der Waals surface area contributed by atoms with Gasteiger partial charge in [0.1, 0.15) is 0 Å². The van der Waals surface area contributed by atoms with E-state index in [0.717, 1.165) is 29.9 Å². The number of rotatable bonds is 13. The average Bonchev–Trinajstić information content (AvgIpc) is 3.40. The van der Waals surface area contributed by atoms with Gasteiger partial charge in [0.05, 0.1) is 0 Å². The first-order valence-electron chi connectivity index (χ1n) is 15.7. The fraction of sp³-hybridized carbons (Fsp3) is 0.353. The first kappa shape index (κ1) is 35.4. The quantitative estimate of drug-likeness (QED) is 0.0714. The number of carbonyl (C=O) groups excluding carboxylic acids is 2. The summed E-state index contributed by atoms with van der Waals surface area (Å²) in [4.78, 5) is 24.3. The molecule has 4 amide bonds. The molecular weight excluding hydrogens is 633 g/mol. The number of hydrogen-bond donors (Lipinski definition) is 9. The second kappa shape index (κ2) is 16.9. The van der Waals surface area contributed by atoms with Crippen LogP contribution in [0.1, 0.15) is 43.9 Å². The van der Waals surface area contributed by atoms with Crippen molar-refractivity contribution in [2.24, 2.45) is 5.41 Å². The molecule has 3 aromatic rings.